The Bertz CT molecular complexity index is 1390. The number of ether oxygens (including phenoxy) is 2. The van der Waals surface area contributed by atoms with Crippen molar-refractivity contribution < 1.29 is 19.1 Å². The number of benzene rings is 1. The first-order valence-corrected chi connectivity index (χ1v) is 20.2. The number of H-pyrrole nitrogens is 1. The molecule has 0 fully saturated rings. The highest BCUT2D eigenvalue weighted by molar-refractivity contribution is 6.34. The number of aromatic amines is 1. The lowest BCUT2D eigenvalue weighted by molar-refractivity contribution is 0.158. The highest BCUT2D eigenvalue weighted by Crippen LogP contribution is 2.33. The van der Waals surface area contributed by atoms with E-state index < -0.39 is 12.2 Å². The highest BCUT2D eigenvalue weighted by Gasteiger charge is 2.25. The van der Waals surface area contributed by atoms with Crippen LogP contribution in [0.25, 0.3) is 17.0 Å². The van der Waals surface area contributed by atoms with Crippen molar-refractivity contribution in [2.75, 3.05) is 23.8 Å². The summed E-state index contributed by atoms with van der Waals surface area (Å²) < 4.78 is 12.5. The zero-order valence-corrected chi connectivity index (χ0v) is 32.9. The van der Waals surface area contributed by atoms with Crippen molar-refractivity contribution in [1.82, 2.24) is 19.8 Å². The summed E-state index contributed by atoms with van der Waals surface area (Å²) in [6, 6.07) is 5.20. The number of nitrogens with zero attached hydrogens (tertiary/aromatic N) is 3. The first kappa shape index (κ1) is 42.1. The maximum Gasteiger partial charge on any atom is 0.411 e. The van der Waals surface area contributed by atoms with Gasteiger partial charge in [0.05, 0.1) is 18.9 Å². The number of hydrogen-bond donors (Lipinski definition) is 3. The Morgan fingerprint density at radius 1 is 0.667 bits per heavy atom. The van der Waals surface area contributed by atoms with Gasteiger partial charge in [0.2, 0.25) is 0 Å². The third-order valence-corrected chi connectivity index (χ3v) is 9.47. The van der Waals surface area contributed by atoms with E-state index in [0.29, 0.717) is 46.6 Å². The molecule has 0 aliphatic heterocycles. The Hall–Kier alpha value is -3.27. The van der Waals surface area contributed by atoms with Gasteiger partial charge < -0.3 is 14.5 Å². The predicted molar refractivity (Wildman–Crippen MR) is 210 cm³/mol. The molecule has 0 atom stereocenters. The molecule has 51 heavy (non-hydrogen) atoms. The van der Waals surface area contributed by atoms with Crippen LogP contribution in [-0.4, -0.2) is 45.2 Å². The second kappa shape index (κ2) is 23.3. The van der Waals surface area contributed by atoms with Crippen LogP contribution in [0, 0.1) is 0 Å². The van der Waals surface area contributed by atoms with Gasteiger partial charge in [0.25, 0.3) is 0 Å². The van der Waals surface area contributed by atoms with Crippen molar-refractivity contribution in [2.24, 2.45) is 0 Å². The Labute approximate surface area is 311 Å². The number of rotatable bonds is 25. The van der Waals surface area contributed by atoms with Crippen LogP contribution in [0.4, 0.5) is 21.0 Å². The Morgan fingerprint density at radius 2 is 1.08 bits per heavy atom. The number of fused-ring (bicyclic) bond motifs is 1. The lowest BCUT2D eigenvalue weighted by atomic mass is 9.92. The van der Waals surface area contributed by atoms with Crippen LogP contribution < -0.4 is 10.6 Å². The fourth-order valence-corrected chi connectivity index (χ4v) is 6.58. The molecule has 2 heterocycles. The molecule has 3 N–H and O–H groups in total. The molecule has 0 bridgehead atoms. The van der Waals surface area contributed by atoms with E-state index in [1.54, 1.807) is 18.2 Å². The molecule has 3 rings (SSSR count). The Kier molecular flexibility index (Phi) is 19.3. The average Bonchev–Trinajstić information content (AvgIpc) is 3.65. The first-order valence-electron chi connectivity index (χ1n) is 19.8. The Morgan fingerprint density at radius 3 is 1.47 bits per heavy atom. The summed E-state index contributed by atoms with van der Waals surface area (Å²) in [5, 5.41) is 15.3. The standard InChI is InChI=1S/C40H65ClN6O4/c1-6-8-10-12-14-16-18-20-22-24-26-50-38(48)42-32-28-31(36-44-37-34(41)35(40(3,4)5)45-47(37)46-36)29-33(30-32)43-39(49)51-27-25-23-21-19-17-15-13-11-9-7-2/h28-30H,6-27H2,1-5H3,(H,42,48)(H,43,49)(H,44,46). The van der Waals surface area contributed by atoms with Crippen LogP contribution in [0.2, 0.25) is 5.02 Å². The predicted octanol–water partition coefficient (Wildman–Crippen LogP) is 12.6. The van der Waals surface area contributed by atoms with Gasteiger partial charge in [-0.3, -0.25) is 10.6 Å². The number of halogens is 1. The number of carbonyl (C=O) groups excluding carboxylic acids is 2. The first-order chi connectivity index (χ1) is 24.6. The van der Waals surface area contributed by atoms with Gasteiger partial charge in [-0.1, -0.05) is 162 Å². The van der Waals surface area contributed by atoms with Gasteiger partial charge in [0.15, 0.2) is 11.5 Å². The van der Waals surface area contributed by atoms with E-state index in [2.05, 4.69) is 39.7 Å². The van der Waals surface area contributed by atoms with E-state index in [9.17, 15) is 9.59 Å². The second-order valence-corrected chi connectivity index (χ2v) is 15.3. The highest BCUT2D eigenvalue weighted by atomic mass is 35.5. The van der Waals surface area contributed by atoms with Crippen LogP contribution in [0.15, 0.2) is 18.2 Å². The van der Waals surface area contributed by atoms with E-state index in [-0.39, 0.29) is 5.41 Å². The van der Waals surface area contributed by atoms with Crippen molar-refractivity contribution in [3.8, 4) is 11.4 Å². The van der Waals surface area contributed by atoms with Crippen LogP contribution in [0.5, 0.6) is 0 Å². The molecule has 10 nitrogen and oxygen atoms in total. The number of aromatic nitrogens is 4. The quantitative estimate of drug-likeness (QED) is 0.0746. The molecule has 0 spiro atoms. The van der Waals surface area contributed by atoms with E-state index in [0.717, 1.165) is 44.2 Å². The summed E-state index contributed by atoms with van der Waals surface area (Å²) in [4.78, 5) is 28.8. The minimum atomic E-state index is -0.551. The van der Waals surface area contributed by atoms with Crippen LogP contribution >= 0.6 is 11.6 Å². The largest absolute Gasteiger partial charge is 0.449 e. The number of anilines is 2. The van der Waals surface area contributed by atoms with Gasteiger partial charge in [0, 0.05) is 22.4 Å². The van der Waals surface area contributed by atoms with Gasteiger partial charge >= 0.3 is 12.2 Å². The van der Waals surface area contributed by atoms with Crippen LogP contribution in [0.3, 0.4) is 0 Å². The monoisotopic (exact) mass is 728 g/mol. The molecule has 2 aromatic heterocycles. The minimum Gasteiger partial charge on any atom is -0.449 e. The maximum atomic E-state index is 12.8. The van der Waals surface area contributed by atoms with Gasteiger partial charge in [0.1, 0.15) is 5.02 Å². The van der Waals surface area contributed by atoms with Crippen molar-refractivity contribution in [1.29, 1.82) is 0 Å². The molecule has 1 aromatic carbocycles. The number of amides is 2. The molecule has 0 unspecified atom stereocenters. The summed E-state index contributed by atoms with van der Waals surface area (Å²) >= 11 is 6.68. The van der Waals surface area contributed by atoms with Gasteiger partial charge in [-0.2, -0.15) is 5.10 Å². The SMILES string of the molecule is CCCCCCCCCCCCOC(=O)Nc1cc(NC(=O)OCCCCCCCCCCCC)cc(-c2nn3nc(C(C)(C)C)c(Cl)c3[nH]2)c1. The molecule has 0 saturated carbocycles. The lowest BCUT2D eigenvalue weighted by Gasteiger charge is -2.14. The molecular formula is C40H65ClN6O4. The van der Waals surface area contributed by atoms with E-state index in [1.807, 2.05) is 20.8 Å². The van der Waals surface area contributed by atoms with Crippen LogP contribution in [0.1, 0.15) is 169 Å². The van der Waals surface area contributed by atoms with E-state index >= 15 is 0 Å². The average molecular weight is 729 g/mol. The number of unbranched alkanes of at least 4 members (excludes halogenated alkanes) is 18. The van der Waals surface area contributed by atoms with Gasteiger partial charge in [-0.15, -0.1) is 9.73 Å². The maximum absolute atomic E-state index is 12.8. The normalized spacial score (nSPS) is 11.6. The molecular weight excluding hydrogens is 664 g/mol. The van der Waals surface area contributed by atoms with E-state index in [4.69, 9.17) is 21.1 Å². The zero-order valence-electron chi connectivity index (χ0n) is 32.1. The molecule has 0 radical (unpaired) electrons. The summed E-state index contributed by atoms with van der Waals surface area (Å²) in [7, 11) is 0. The van der Waals surface area contributed by atoms with Crippen molar-refractivity contribution in [2.45, 2.75) is 168 Å². The zero-order chi connectivity index (χ0) is 36.9. The minimum absolute atomic E-state index is 0.255. The lowest BCUT2D eigenvalue weighted by Crippen LogP contribution is -2.16. The van der Waals surface area contributed by atoms with Crippen molar-refractivity contribution in [3.05, 3.63) is 28.9 Å². The van der Waals surface area contributed by atoms with Crippen LogP contribution in [-0.2, 0) is 14.9 Å². The molecule has 0 saturated heterocycles. The van der Waals surface area contributed by atoms with Crippen molar-refractivity contribution >= 4 is 40.8 Å². The van der Waals surface area contributed by atoms with Gasteiger partial charge in [-0.25, -0.2) is 9.59 Å². The summed E-state index contributed by atoms with van der Waals surface area (Å²) in [6.45, 7) is 11.3. The smallest absolute Gasteiger partial charge is 0.411 e. The number of nitrogens with one attached hydrogen (secondary N) is 3. The molecule has 3 aromatic rings. The Balaban J connectivity index is 1.54. The fraction of sp³-hybridized carbons (Fsp3) is 0.700. The molecule has 0 aliphatic carbocycles. The number of carbonyl (C=O) groups is 2. The number of hydrogen-bond acceptors (Lipinski definition) is 6. The second-order valence-electron chi connectivity index (χ2n) is 14.9. The topological polar surface area (TPSA) is 123 Å². The summed E-state index contributed by atoms with van der Waals surface area (Å²) in [5.41, 5.74) is 2.56. The third kappa shape index (κ3) is 15.9. The van der Waals surface area contributed by atoms with Gasteiger partial charge in [-0.05, 0) is 31.0 Å². The molecule has 11 heteroatoms. The molecule has 0 aliphatic rings. The van der Waals surface area contributed by atoms with Crippen molar-refractivity contribution in [3.63, 3.8) is 0 Å². The molecule has 2 amide bonds. The summed E-state index contributed by atoms with van der Waals surface area (Å²) in [5.74, 6) is 0.476. The third-order valence-electron chi connectivity index (χ3n) is 9.11. The van der Waals surface area contributed by atoms with E-state index in [1.165, 1.54) is 94.5 Å². The fourth-order valence-electron chi connectivity index (χ4n) is 6.13. The summed E-state index contributed by atoms with van der Waals surface area (Å²) in [6.07, 6.45) is 23.1. The molecule has 286 valence electrons.